The zero-order chi connectivity index (χ0) is 18.8. The summed E-state index contributed by atoms with van der Waals surface area (Å²) in [6, 6.07) is 13.6. The Kier molecular flexibility index (Phi) is 4.22. The molecule has 0 saturated heterocycles. The van der Waals surface area contributed by atoms with Crippen LogP contribution in [0, 0.1) is 0 Å². The first kappa shape index (κ1) is 16.7. The number of ketones is 1. The van der Waals surface area contributed by atoms with Gasteiger partial charge in [0.2, 0.25) is 5.89 Å². The van der Waals surface area contributed by atoms with Crippen molar-refractivity contribution in [1.29, 1.82) is 0 Å². The van der Waals surface area contributed by atoms with Crippen LogP contribution in [0.1, 0.15) is 16.8 Å². The SMILES string of the molecule is O=C1C=CC(NC(=O)c2ccccc2-c2nc3ccccc3c(=O)o2)=CC1. The van der Waals surface area contributed by atoms with Gasteiger partial charge in [-0.15, -0.1) is 0 Å². The Hall–Kier alpha value is -3.80. The third kappa shape index (κ3) is 3.32. The van der Waals surface area contributed by atoms with E-state index in [0.717, 1.165) is 0 Å². The molecule has 0 bridgehead atoms. The van der Waals surface area contributed by atoms with Gasteiger partial charge in [-0.2, -0.15) is 0 Å². The molecule has 6 heteroatoms. The van der Waals surface area contributed by atoms with Gasteiger partial charge in [0.15, 0.2) is 5.78 Å². The second-order valence-electron chi connectivity index (χ2n) is 5.99. The summed E-state index contributed by atoms with van der Waals surface area (Å²) in [5.41, 5.74) is 1.25. The molecule has 0 unspecified atom stereocenters. The first-order valence-corrected chi connectivity index (χ1v) is 8.33. The number of amides is 1. The van der Waals surface area contributed by atoms with Crippen molar-refractivity contribution >= 4 is 22.6 Å². The zero-order valence-corrected chi connectivity index (χ0v) is 14.1. The van der Waals surface area contributed by atoms with E-state index >= 15 is 0 Å². The Balaban J connectivity index is 1.73. The van der Waals surface area contributed by atoms with Crippen molar-refractivity contribution in [3.63, 3.8) is 0 Å². The molecule has 0 atom stereocenters. The molecule has 132 valence electrons. The second kappa shape index (κ2) is 6.84. The Bertz CT molecular complexity index is 1190. The van der Waals surface area contributed by atoms with Crippen molar-refractivity contribution in [2.45, 2.75) is 6.42 Å². The van der Waals surface area contributed by atoms with E-state index in [2.05, 4.69) is 10.3 Å². The van der Waals surface area contributed by atoms with E-state index in [9.17, 15) is 14.4 Å². The number of fused-ring (bicyclic) bond motifs is 1. The van der Waals surface area contributed by atoms with Gasteiger partial charge in [-0.3, -0.25) is 9.59 Å². The third-order valence-corrected chi connectivity index (χ3v) is 4.17. The van der Waals surface area contributed by atoms with Gasteiger partial charge in [0.1, 0.15) is 0 Å². The number of hydrogen-bond donors (Lipinski definition) is 1. The number of carbonyl (C=O) groups excluding carboxylic acids is 2. The van der Waals surface area contributed by atoms with Crippen LogP contribution in [0.15, 0.2) is 81.7 Å². The minimum atomic E-state index is -0.512. The largest absolute Gasteiger partial charge is 0.403 e. The molecule has 1 N–H and O–H groups in total. The van der Waals surface area contributed by atoms with E-state index < -0.39 is 5.63 Å². The number of allylic oxidation sites excluding steroid dienone is 3. The molecule has 2 aromatic carbocycles. The highest BCUT2D eigenvalue weighted by Crippen LogP contribution is 2.23. The second-order valence-corrected chi connectivity index (χ2v) is 5.99. The standard InChI is InChI=1S/C21H14N2O4/c24-14-11-9-13(10-12-14)22-19(25)15-5-1-2-6-16(15)20-23-18-8-4-3-7-17(18)21(26)27-20/h1-11H,12H2,(H,22,25). The maximum atomic E-state index is 12.7. The number of para-hydroxylation sites is 1. The highest BCUT2D eigenvalue weighted by atomic mass is 16.4. The summed E-state index contributed by atoms with van der Waals surface area (Å²) in [4.78, 5) is 40.6. The van der Waals surface area contributed by atoms with Crippen molar-refractivity contribution in [3.8, 4) is 11.5 Å². The molecule has 1 amide bonds. The monoisotopic (exact) mass is 358 g/mol. The average molecular weight is 358 g/mol. The third-order valence-electron chi connectivity index (χ3n) is 4.17. The fraction of sp³-hybridized carbons (Fsp3) is 0.0476. The van der Waals surface area contributed by atoms with E-state index in [4.69, 9.17) is 4.42 Å². The van der Waals surface area contributed by atoms with Gasteiger partial charge in [-0.05, 0) is 36.4 Å². The number of aromatic nitrogens is 1. The number of hydrogen-bond acceptors (Lipinski definition) is 5. The van der Waals surface area contributed by atoms with E-state index in [0.29, 0.717) is 27.7 Å². The van der Waals surface area contributed by atoms with Crippen molar-refractivity contribution in [3.05, 3.63) is 88.4 Å². The molecule has 0 saturated carbocycles. The van der Waals surface area contributed by atoms with Crippen molar-refractivity contribution < 1.29 is 14.0 Å². The maximum Gasteiger partial charge on any atom is 0.347 e. The minimum Gasteiger partial charge on any atom is -0.403 e. The zero-order valence-electron chi connectivity index (χ0n) is 14.1. The molecule has 0 aliphatic heterocycles. The number of benzene rings is 2. The van der Waals surface area contributed by atoms with Gasteiger partial charge in [0.25, 0.3) is 5.91 Å². The normalized spacial score (nSPS) is 13.5. The molecule has 1 aromatic heterocycles. The lowest BCUT2D eigenvalue weighted by Gasteiger charge is -2.11. The van der Waals surface area contributed by atoms with Crippen LogP contribution < -0.4 is 10.9 Å². The summed E-state index contributed by atoms with van der Waals surface area (Å²) in [6.45, 7) is 0. The molecule has 0 radical (unpaired) electrons. The Labute approximate surface area is 153 Å². The molecule has 3 aromatic rings. The summed E-state index contributed by atoms with van der Waals surface area (Å²) in [5, 5.41) is 3.13. The fourth-order valence-corrected chi connectivity index (χ4v) is 2.82. The first-order valence-electron chi connectivity index (χ1n) is 8.33. The number of nitrogens with zero attached hydrogens (tertiary/aromatic N) is 1. The molecule has 0 fully saturated rings. The Morgan fingerprint density at radius 3 is 2.59 bits per heavy atom. The molecule has 1 aliphatic rings. The van der Waals surface area contributed by atoms with Crippen LogP contribution >= 0.6 is 0 Å². The van der Waals surface area contributed by atoms with Gasteiger partial charge < -0.3 is 9.73 Å². The molecule has 1 aliphatic carbocycles. The van der Waals surface area contributed by atoms with Crippen molar-refractivity contribution in [1.82, 2.24) is 10.3 Å². The predicted octanol–water partition coefficient (Wildman–Crippen LogP) is 3.00. The van der Waals surface area contributed by atoms with E-state index in [1.807, 2.05) is 0 Å². The molecular weight excluding hydrogens is 344 g/mol. The van der Waals surface area contributed by atoms with Gasteiger partial charge in [-0.25, -0.2) is 9.78 Å². The van der Waals surface area contributed by atoms with Crippen molar-refractivity contribution in [2.75, 3.05) is 0 Å². The molecule has 1 heterocycles. The molecule has 6 nitrogen and oxygen atoms in total. The Morgan fingerprint density at radius 2 is 1.78 bits per heavy atom. The fourth-order valence-electron chi connectivity index (χ4n) is 2.82. The summed E-state index contributed by atoms with van der Waals surface area (Å²) in [5.74, 6) is -0.322. The molecule has 4 rings (SSSR count). The minimum absolute atomic E-state index is 0.0180. The first-order chi connectivity index (χ1) is 13.1. The van der Waals surface area contributed by atoms with Crippen LogP contribution in [-0.4, -0.2) is 16.7 Å². The van der Waals surface area contributed by atoms with Gasteiger partial charge in [0.05, 0.1) is 22.0 Å². The van der Waals surface area contributed by atoms with Gasteiger partial charge in [0, 0.05) is 12.1 Å². The summed E-state index contributed by atoms with van der Waals surface area (Å²) < 4.78 is 5.35. The van der Waals surface area contributed by atoms with Crippen LogP contribution in [0.25, 0.3) is 22.4 Å². The summed E-state index contributed by atoms with van der Waals surface area (Å²) in [6.07, 6.45) is 4.87. The lowest BCUT2D eigenvalue weighted by atomic mass is 10.1. The number of rotatable bonds is 3. The summed E-state index contributed by atoms with van der Waals surface area (Å²) >= 11 is 0. The summed E-state index contributed by atoms with van der Waals surface area (Å²) in [7, 11) is 0. The molecule has 0 spiro atoms. The van der Waals surface area contributed by atoms with Crippen LogP contribution in [0.2, 0.25) is 0 Å². The predicted molar refractivity (Wildman–Crippen MR) is 100 cm³/mol. The van der Waals surface area contributed by atoms with Gasteiger partial charge >= 0.3 is 5.63 Å². The van der Waals surface area contributed by atoms with E-state index in [1.165, 1.54) is 6.08 Å². The van der Waals surface area contributed by atoms with Crippen LogP contribution in [-0.2, 0) is 4.79 Å². The highest BCUT2D eigenvalue weighted by Gasteiger charge is 2.17. The van der Waals surface area contributed by atoms with Crippen LogP contribution in [0.5, 0.6) is 0 Å². The molecular formula is C21H14N2O4. The van der Waals surface area contributed by atoms with Gasteiger partial charge in [-0.1, -0.05) is 30.3 Å². The lowest BCUT2D eigenvalue weighted by Crippen LogP contribution is -2.24. The number of nitrogens with one attached hydrogen (secondary N) is 1. The Morgan fingerprint density at radius 1 is 1.00 bits per heavy atom. The van der Waals surface area contributed by atoms with Crippen LogP contribution in [0.3, 0.4) is 0 Å². The van der Waals surface area contributed by atoms with Crippen LogP contribution in [0.4, 0.5) is 0 Å². The molecule has 27 heavy (non-hydrogen) atoms. The lowest BCUT2D eigenvalue weighted by molar-refractivity contribution is -0.113. The smallest absolute Gasteiger partial charge is 0.347 e. The van der Waals surface area contributed by atoms with E-state index in [1.54, 1.807) is 60.7 Å². The highest BCUT2D eigenvalue weighted by molar-refractivity contribution is 6.02. The van der Waals surface area contributed by atoms with Crippen molar-refractivity contribution in [2.24, 2.45) is 0 Å². The maximum absolute atomic E-state index is 12.7. The average Bonchev–Trinajstić information content (AvgIpc) is 2.70. The number of carbonyl (C=O) groups is 2. The quantitative estimate of drug-likeness (QED) is 0.777. The topological polar surface area (TPSA) is 89.3 Å². The van der Waals surface area contributed by atoms with E-state index in [-0.39, 0.29) is 24.0 Å².